The molecule has 1 aromatic carbocycles. The Labute approximate surface area is 125 Å². The highest BCUT2D eigenvalue weighted by Gasteiger charge is 2.29. The third-order valence-corrected chi connectivity index (χ3v) is 4.06. The van der Waals surface area contributed by atoms with Crippen molar-refractivity contribution in [3.05, 3.63) is 36.5 Å². The van der Waals surface area contributed by atoms with Gasteiger partial charge in [-0.2, -0.15) is 0 Å². The molecule has 1 atom stereocenters. The molecular formula is C17H22N2O2. The SMILES string of the molecule is CC1(C)C[C@@H](NC(=O)Cn2ccc3ccccc32)CCO1. The van der Waals surface area contributed by atoms with E-state index in [2.05, 4.69) is 25.2 Å². The molecule has 0 unspecified atom stereocenters. The predicted molar refractivity (Wildman–Crippen MR) is 83.1 cm³/mol. The minimum absolute atomic E-state index is 0.0686. The van der Waals surface area contributed by atoms with Gasteiger partial charge in [-0.25, -0.2) is 0 Å². The monoisotopic (exact) mass is 286 g/mol. The van der Waals surface area contributed by atoms with E-state index in [9.17, 15) is 4.79 Å². The second kappa shape index (κ2) is 5.53. The minimum atomic E-state index is -0.143. The van der Waals surface area contributed by atoms with E-state index in [-0.39, 0.29) is 17.6 Å². The molecule has 1 aliphatic heterocycles. The van der Waals surface area contributed by atoms with Gasteiger partial charge in [0.25, 0.3) is 0 Å². The lowest BCUT2D eigenvalue weighted by Crippen LogP contribution is -2.46. The lowest BCUT2D eigenvalue weighted by atomic mass is 9.94. The van der Waals surface area contributed by atoms with Crippen LogP contribution in [0.4, 0.5) is 0 Å². The Bertz CT molecular complexity index is 645. The fourth-order valence-electron chi connectivity index (χ4n) is 3.06. The fraction of sp³-hybridized carbons (Fsp3) is 0.471. The molecule has 1 aromatic heterocycles. The summed E-state index contributed by atoms with van der Waals surface area (Å²) in [6.07, 6.45) is 3.73. The molecule has 112 valence electrons. The Hall–Kier alpha value is -1.81. The Morgan fingerprint density at radius 3 is 3.00 bits per heavy atom. The Morgan fingerprint density at radius 1 is 1.38 bits per heavy atom. The van der Waals surface area contributed by atoms with Gasteiger partial charge in [0.15, 0.2) is 0 Å². The van der Waals surface area contributed by atoms with Gasteiger partial charge >= 0.3 is 0 Å². The number of benzene rings is 1. The Balaban J connectivity index is 1.64. The average Bonchev–Trinajstić information content (AvgIpc) is 2.81. The van der Waals surface area contributed by atoms with Crippen molar-refractivity contribution >= 4 is 16.8 Å². The summed E-state index contributed by atoms with van der Waals surface area (Å²) in [4.78, 5) is 12.3. The highest BCUT2D eigenvalue weighted by Crippen LogP contribution is 2.24. The third kappa shape index (κ3) is 3.27. The summed E-state index contributed by atoms with van der Waals surface area (Å²) in [5, 5.41) is 4.30. The number of aromatic nitrogens is 1. The van der Waals surface area contributed by atoms with Crippen molar-refractivity contribution < 1.29 is 9.53 Å². The first-order chi connectivity index (χ1) is 10.0. The maximum absolute atomic E-state index is 12.3. The summed E-state index contributed by atoms with van der Waals surface area (Å²) in [6.45, 7) is 5.23. The first-order valence-electron chi connectivity index (χ1n) is 7.51. The van der Waals surface area contributed by atoms with E-state index >= 15 is 0 Å². The van der Waals surface area contributed by atoms with Crippen LogP contribution in [0, 0.1) is 0 Å². The molecule has 1 saturated heterocycles. The zero-order chi connectivity index (χ0) is 14.9. The molecule has 0 spiro atoms. The number of hydrogen-bond donors (Lipinski definition) is 1. The molecule has 0 saturated carbocycles. The number of hydrogen-bond acceptors (Lipinski definition) is 2. The van der Waals surface area contributed by atoms with Crippen molar-refractivity contribution in [1.29, 1.82) is 0 Å². The third-order valence-electron chi connectivity index (χ3n) is 4.06. The number of ether oxygens (including phenoxy) is 1. The molecule has 21 heavy (non-hydrogen) atoms. The molecule has 4 nitrogen and oxygen atoms in total. The fourth-order valence-corrected chi connectivity index (χ4v) is 3.06. The summed E-state index contributed by atoms with van der Waals surface area (Å²) < 4.78 is 7.68. The number of fused-ring (bicyclic) bond motifs is 1. The van der Waals surface area contributed by atoms with Crippen LogP contribution in [0.15, 0.2) is 36.5 Å². The van der Waals surface area contributed by atoms with E-state index in [1.54, 1.807) is 0 Å². The average molecular weight is 286 g/mol. The van der Waals surface area contributed by atoms with Crippen LogP contribution in [-0.4, -0.2) is 28.7 Å². The zero-order valence-corrected chi connectivity index (χ0v) is 12.6. The van der Waals surface area contributed by atoms with Crippen LogP contribution < -0.4 is 5.32 Å². The minimum Gasteiger partial charge on any atom is -0.375 e. The van der Waals surface area contributed by atoms with Crippen LogP contribution in [0.25, 0.3) is 10.9 Å². The van der Waals surface area contributed by atoms with Crippen molar-refractivity contribution in [3.8, 4) is 0 Å². The van der Waals surface area contributed by atoms with Gasteiger partial charge in [-0.15, -0.1) is 0 Å². The molecule has 2 aromatic rings. The van der Waals surface area contributed by atoms with Gasteiger partial charge in [0.1, 0.15) is 6.54 Å². The van der Waals surface area contributed by atoms with Gasteiger partial charge in [0.2, 0.25) is 5.91 Å². The predicted octanol–water partition coefficient (Wildman–Crippen LogP) is 2.72. The van der Waals surface area contributed by atoms with Crippen LogP contribution >= 0.6 is 0 Å². The highest BCUT2D eigenvalue weighted by atomic mass is 16.5. The van der Waals surface area contributed by atoms with Crippen molar-refractivity contribution in [3.63, 3.8) is 0 Å². The second-order valence-electron chi connectivity index (χ2n) is 6.37. The Kier molecular flexibility index (Phi) is 3.72. The van der Waals surface area contributed by atoms with Crippen molar-refractivity contribution in [1.82, 2.24) is 9.88 Å². The van der Waals surface area contributed by atoms with Crippen LogP contribution in [0.2, 0.25) is 0 Å². The summed E-state index contributed by atoms with van der Waals surface area (Å²) in [6, 6.07) is 10.4. The molecular weight excluding hydrogens is 264 g/mol. The molecule has 1 aliphatic rings. The molecule has 4 heteroatoms. The Morgan fingerprint density at radius 2 is 2.19 bits per heavy atom. The van der Waals surface area contributed by atoms with Crippen LogP contribution in [0.3, 0.4) is 0 Å². The van der Waals surface area contributed by atoms with Crippen molar-refractivity contribution in [2.75, 3.05) is 6.61 Å². The smallest absolute Gasteiger partial charge is 0.240 e. The molecule has 1 N–H and O–H groups in total. The summed E-state index contributed by atoms with van der Waals surface area (Å²) in [5.41, 5.74) is 0.955. The number of carbonyl (C=O) groups is 1. The maximum atomic E-state index is 12.3. The van der Waals surface area contributed by atoms with Crippen LogP contribution in [0.1, 0.15) is 26.7 Å². The van der Waals surface area contributed by atoms with E-state index in [0.29, 0.717) is 13.2 Å². The number of rotatable bonds is 3. The number of carbonyl (C=O) groups excluding carboxylic acids is 1. The van der Waals surface area contributed by atoms with E-state index in [1.807, 2.05) is 35.0 Å². The van der Waals surface area contributed by atoms with E-state index < -0.39 is 0 Å². The van der Waals surface area contributed by atoms with Gasteiger partial charge in [0, 0.05) is 24.4 Å². The van der Waals surface area contributed by atoms with E-state index in [4.69, 9.17) is 4.74 Å². The largest absolute Gasteiger partial charge is 0.375 e. The summed E-state index contributed by atoms with van der Waals surface area (Å²) >= 11 is 0. The zero-order valence-electron chi connectivity index (χ0n) is 12.6. The molecule has 1 fully saturated rings. The van der Waals surface area contributed by atoms with Gasteiger partial charge < -0.3 is 14.6 Å². The summed E-state index contributed by atoms with van der Waals surface area (Å²) in [7, 11) is 0. The molecule has 0 aliphatic carbocycles. The van der Waals surface area contributed by atoms with Gasteiger partial charge in [-0.1, -0.05) is 18.2 Å². The lowest BCUT2D eigenvalue weighted by Gasteiger charge is -2.35. The van der Waals surface area contributed by atoms with Gasteiger partial charge in [-0.3, -0.25) is 4.79 Å². The number of para-hydroxylation sites is 1. The van der Waals surface area contributed by atoms with Gasteiger partial charge in [0.05, 0.1) is 5.60 Å². The molecule has 0 bridgehead atoms. The standard InChI is InChI=1S/C17H22N2O2/c1-17(2)11-14(8-10-21-17)18-16(20)12-19-9-7-13-5-3-4-6-15(13)19/h3-7,9,14H,8,10-12H2,1-2H3,(H,18,20)/t14-/m0/s1. The van der Waals surface area contributed by atoms with Gasteiger partial charge in [-0.05, 0) is 44.2 Å². The number of nitrogens with zero attached hydrogens (tertiary/aromatic N) is 1. The number of nitrogens with one attached hydrogen (secondary N) is 1. The van der Waals surface area contributed by atoms with Crippen molar-refractivity contribution in [2.24, 2.45) is 0 Å². The van der Waals surface area contributed by atoms with E-state index in [1.165, 1.54) is 0 Å². The second-order valence-corrected chi connectivity index (χ2v) is 6.37. The van der Waals surface area contributed by atoms with Crippen molar-refractivity contribution in [2.45, 2.75) is 44.9 Å². The first-order valence-corrected chi connectivity index (χ1v) is 7.51. The molecule has 1 amide bonds. The van der Waals surface area contributed by atoms with Crippen LogP contribution in [-0.2, 0) is 16.1 Å². The summed E-state index contributed by atoms with van der Waals surface area (Å²) in [5.74, 6) is 0.0686. The van der Waals surface area contributed by atoms with Crippen LogP contribution in [0.5, 0.6) is 0 Å². The maximum Gasteiger partial charge on any atom is 0.240 e. The normalized spacial score (nSPS) is 21.3. The molecule has 3 rings (SSSR count). The van der Waals surface area contributed by atoms with E-state index in [0.717, 1.165) is 23.7 Å². The molecule has 0 radical (unpaired) electrons. The first kappa shape index (κ1) is 14.1. The quantitative estimate of drug-likeness (QED) is 0.942. The number of amides is 1. The topological polar surface area (TPSA) is 43.3 Å². The molecule has 2 heterocycles. The lowest BCUT2D eigenvalue weighted by molar-refractivity contribution is -0.124. The highest BCUT2D eigenvalue weighted by molar-refractivity contribution is 5.83.